The molecule has 0 unspecified atom stereocenters. The second-order valence-corrected chi connectivity index (χ2v) is 15.4. The van der Waals surface area contributed by atoms with Gasteiger partial charge in [-0.2, -0.15) is 0 Å². The lowest BCUT2D eigenvalue weighted by molar-refractivity contribution is 0.0588. The predicted octanol–water partition coefficient (Wildman–Crippen LogP) is 1.41. The lowest BCUT2D eigenvalue weighted by Crippen LogP contribution is -2.57. The molecule has 0 aliphatic heterocycles. The fraction of sp³-hybridized carbons (Fsp3) is 1.00. The van der Waals surface area contributed by atoms with E-state index in [-0.39, 0.29) is 6.23 Å². The third kappa shape index (κ3) is 8.37. The Hall–Kier alpha value is 0.638. The average Bonchev–Trinajstić information content (AvgIpc) is 2.11. The molecule has 0 atom stereocenters. The zero-order valence-corrected chi connectivity index (χ0v) is 16.1. The van der Waals surface area contributed by atoms with Crippen LogP contribution in [-0.4, -0.2) is 49.0 Å². The van der Waals surface area contributed by atoms with Crippen LogP contribution >= 0.6 is 0 Å². The Morgan fingerprint density at radius 1 is 0.824 bits per heavy atom. The Morgan fingerprint density at radius 2 is 1.18 bits per heavy atom. The summed E-state index contributed by atoms with van der Waals surface area (Å²) in [5.74, 6) is 0. The molecule has 0 aromatic carbocycles. The minimum Gasteiger partial charge on any atom is -0.418 e. The molecule has 0 heterocycles. The first-order valence-corrected chi connectivity index (χ1v) is 16.3. The van der Waals surface area contributed by atoms with E-state index < -0.39 is 42.8 Å². The highest BCUT2D eigenvalue weighted by atomic mass is 28.5. The van der Waals surface area contributed by atoms with E-state index >= 15 is 0 Å². The molecule has 0 saturated carbocycles. The molecule has 9 heteroatoms. The molecule has 0 aliphatic carbocycles. The van der Waals surface area contributed by atoms with Crippen molar-refractivity contribution >= 4 is 35.9 Å². The highest BCUT2D eigenvalue weighted by Gasteiger charge is 2.43. The van der Waals surface area contributed by atoms with E-state index in [1.165, 1.54) is 0 Å². The average molecular weight is 317 g/mol. The van der Waals surface area contributed by atoms with Crippen molar-refractivity contribution in [2.45, 2.75) is 39.3 Å². The van der Waals surface area contributed by atoms with Crippen LogP contribution < -0.4 is 0 Å². The van der Waals surface area contributed by atoms with Crippen molar-refractivity contribution in [3.63, 3.8) is 0 Å². The lowest BCUT2D eigenvalue weighted by atomic mass is 11.5. The molecule has 17 heavy (non-hydrogen) atoms. The molecule has 0 aromatic rings. The van der Waals surface area contributed by atoms with E-state index in [1.807, 2.05) is 0 Å². The van der Waals surface area contributed by atoms with Gasteiger partial charge in [-0.25, -0.2) is 4.39 Å². The number of hydrogen-bond donors (Lipinski definition) is 0. The number of alkyl halides is 1. The second-order valence-electron chi connectivity index (χ2n) is 4.64. The van der Waals surface area contributed by atoms with Crippen molar-refractivity contribution < 1.29 is 21.5 Å². The van der Waals surface area contributed by atoms with Crippen molar-refractivity contribution in [1.29, 1.82) is 0 Å². The van der Waals surface area contributed by atoms with E-state index in [0.29, 0.717) is 0 Å². The molecule has 0 N–H and O–H groups in total. The first kappa shape index (κ1) is 17.6. The molecule has 104 valence electrons. The summed E-state index contributed by atoms with van der Waals surface area (Å²) in [6, 6.07) is 0. The topological polar surface area (TPSA) is 36.9 Å². The molecular weight excluding hydrogens is 291 g/mol. The van der Waals surface area contributed by atoms with Gasteiger partial charge in [0.25, 0.3) is 0 Å². The van der Waals surface area contributed by atoms with Crippen molar-refractivity contribution in [3.8, 4) is 0 Å². The summed E-state index contributed by atoms with van der Waals surface area (Å²) in [4.78, 5) is 0. The van der Waals surface area contributed by atoms with Gasteiger partial charge in [0.2, 0.25) is 0 Å². The van der Waals surface area contributed by atoms with Gasteiger partial charge in [-0.1, -0.05) is 0 Å². The Kier molecular flexibility index (Phi) is 9.02. The molecule has 0 bridgehead atoms. The fourth-order valence-electron chi connectivity index (χ4n) is 1.43. The summed E-state index contributed by atoms with van der Waals surface area (Å²) in [6.07, 6.45) is 0.144. The number of hydrogen-bond acceptors (Lipinski definition) is 4. The molecule has 0 radical (unpaired) electrons. The van der Waals surface area contributed by atoms with Crippen LogP contribution in [0.15, 0.2) is 0 Å². The van der Waals surface area contributed by atoms with Crippen LogP contribution in [0.4, 0.5) is 4.39 Å². The monoisotopic (exact) mass is 316 g/mol. The first-order valence-electron chi connectivity index (χ1n) is 5.98. The molecular formula is C8H25FO4Si4. The zero-order valence-electron chi connectivity index (χ0n) is 11.7. The van der Waals surface area contributed by atoms with Crippen LogP contribution in [0.1, 0.15) is 0 Å². The SMILES string of the molecule is C[SiH](C)O[Si](COCF)(O[SiH](C)C)O[SiH](C)C. The van der Waals surface area contributed by atoms with Crippen LogP contribution in [0, 0.1) is 0 Å². The number of rotatable bonds is 9. The molecule has 0 spiro atoms. The summed E-state index contributed by atoms with van der Waals surface area (Å²) in [5.41, 5.74) is 0. The molecule has 4 nitrogen and oxygen atoms in total. The zero-order chi connectivity index (χ0) is 13.5. The van der Waals surface area contributed by atoms with Crippen molar-refractivity contribution in [3.05, 3.63) is 0 Å². The second kappa shape index (κ2) is 8.69. The summed E-state index contributed by atoms with van der Waals surface area (Å²) in [5, 5.41) is 0. The smallest absolute Gasteiger partial charge is 0.418 e. The third-order valence-corrected chi connectivity index (χ3v) is 12.1. The Bertz CT molecular complexity index is 179. The van der Waals surface area contributed by atoms with Gasteiger partial charge in [-0.3, -0.25) is 0 Å². The summed E-state index contributed by atoms with van der Waals surface area (Å²) in [6.45, 7) is 11.6. The molecule has 0 rings (SSSR count). The Balaban J connectivity index is 4.76. The van der Waals surface area contributed by atoms with E-state index in [9.17, 15) is 4.39 Å². The number of ether oxygens (including phenoxy) is 1. The maximum Gasteiger partial charge on any atom is 0.496 e. The minimum atomic E-state index is -2.78. The maximum atomic E-state index is 12.2. The molecule has 0 saturated heterocycles. The van der Waals surface area contributed by atoms with Crippen molar-refractivity contribution in [1.82, 2.24) is 0 Å². The predicted molar refractivity (Wildman–Crippen MR) is 77.6 cm³/mol. The van der Waals surface area contributed by atoms with Gasteiger partial charge in [-0.15, -0.1) is 0 Å². The normalized spacial score (nSPS) is 13.1. The van der Waals surface area contributed by atoms with Crippen LogP contribution in [0.25, 0.3) is 0 Å². The van der Waals surface area contributed by atoms with Crippen molar-refractivity contribution in [2.75, 3.05) is 13.1 Å². The van der Waals surface area contributed by atoms with E-state index in [1.54, 1.807) is 0 Å². The van der Waals surface area contributed by atoms with Gasteiger partial charge in [-0.05, 0) is 39.3 Å². The Labute approximate surface area is 110 Å². The fourth-order valence-corrected chi connectivity index (χ4v) is 13.4. The summed E-state index contributed by atoms with van der Waals surface area (Å²) < 4.78 is 35.0. The Morgan fingerprint density at radius 3 is 1.41 bits per heavy atom. The van der Waals surface area contributed by atoms with Gasteiger partial charge in [0.15, 0.2) is 34.0 Å². The summed E-state index contributed by atoms with van der Waals surface area (Å²) >= 11 is 0. The van der Waals surface area contributed by atoms with Crippen LogP contribution in [0.3, 0.4) is 0 Å². The molecule has 0 amide bonds. The number of halogens is 1. The van der Waals surface area contributed by atoms with Gasteiger partial charge < -0.3 is 17.1 Å². The third-order valence-electron chi connectivity index (χ3n) is 1.60. The van der Waals surface area contributed by atoms with E-state index in [2.05, 4.69) is 39.3 Å². The quantitative estimate of drug-likeness (QED) is 0.603. The van der Waals surface area contributed by atoms with Gasteiger partial charge in [0, 0.05) is 0 Å². The highest BCUT2D eigenvalue weighted by Crippen LogP contribution is 2.15. The molecule has 0 aliphatic rings. The first-order chi connectivity index (χ1) is 7.81. The maximum absolute atomic E-state index is 12.2. The van der Waals surface area contributed by atoms with Gasteiger partial charge in [0.1, 0.15) is 6.23 Å². The largest absolute Gasteiger partial charge is 0.496 e. The van der Waals surface area contributed by atoms with Crippen LogP contribution in [0.5, 0.6) is 0 Å². The molecule has 0 aromatic heterocycles. The lowest BCUT2D eigenvalue weighted by Gasteiger charge is -2.34. The molecule has 0 fully saturated rings. The van der Waals surface area contributed by atoms with Gasteiger partial charge in [0.05, 0.1) is 0 Å². The van der Waals surface area contributed by atoms with Crippen LogP contribution in [0.2, 0.25) is 39.3 Å². The van der Waals surface area contributed by atoms with Gasteiger partial charge >= 0.3 is 8.80 Å². The van der Waals surface area contributed by atoms with E-state index in [0.717, 1.165) is 0 Å². The standard InChI is InChI=1S/C8H25FO4Si4/c1-14(2)11-17(8-10-7-9,12-15(3)4)13-16(5)6/h14-16H,7-8H2,1-6H3. The summed E-state index contributed by atoms with van der Waals surface area (Å²) in [7, 11) is -6.69. The van der Waals surface area contributed by atoms with Crippen molar-refractivity contribution in [2.24, 2.45) is 0 Å². The van der Waals surface area contributed by atoms with Crippen LogP contribution in [-0.2, 0) is 17.1 Å². The highest BCUT2D eigenvalue weighted by molar-refractivity contribution is 6.79. The van der Waals surface area contributed by atoms with E-state index in [4.69, 9.17) is 17.1 Å². The minimum absolute atomic E-state index is 0.144.